The normalized spacial score (nSPS) is 9.83. The highest BCUT2D eigenvalue weighted by molar-refractivity contribution is 14.1. The molecule has 0 saturated carbocycles. The number of rotatable bonds is 7. The third-order valence-corrected chi connectivity index (χ3v) is 2.29. The van der Waals surface area contributed by atoms with Gasteiger partial charge in [0.25, 0.3) is 0 Å². The summed E-state index contributed by atoms with van der Waals surface area (Å²) in [4.78, 5) is 10.9. The maximum atomic E-state index is 10.9. The van der Waals surface area contributed by atoms with E-state index in [1.54, 1.807) is 0 Å². The Morgan fingerprint density at radius 1 is 1.33 bits per heavy atom. The first-order valence-corrected chi connectivity index (χ1v) is 6.05. The van der Waals surface area contributed by atoms with Gasteiger partial charge in [0, 0.05) is 10.8 Å². The Hall–Kier alpha value is 0.200. The fraction of sp³-hybridized carbons (Fsp3) is 0.889. The minimum atomic E-state index is -0.0391. The van der Waals surface area contributed by atoms with Crippen LogP contribution in [-0.4, -0.2) is 17.0 Å². The summed E-state index contributed by atoms with van der Waals surface area (Å²) >= 11 is 2.26. The number of unbranched alkanes of at least 4 members (excludes halogenated alkanes) is 2. The predicted molar refractivity (Wildman–Crippen MR) is 58.6 cm³/mol. The van der Waals surface area contributed by atoms with Crippen molar-refractivity contribution in [1.82, 2.24) is 0 Å². The van der Waals surface area contributed by atoms with Crippen LogP contribution in [0.15, 0.2) is 0 Å². The first kappa shape index (κ1) is 12.2. The molecule has 0 heterocycles. The van der Waals surface area contributed by atoms with Crippen LogP contribution >= 0.6 is 22.6 Å². The molecule has 0 amide bonds. The molecule has 0 saturated heterocycles. The number of halogens is 1. The van der Waals surface area contributed by atoms with E-state index in [0.29, 0.717) is 13.0 Å². The van der Waals surface area contributed by atoms with E-state index in [4.69, 9.17) is 4.74 Å². The Morgan fingerprint density at radius 3 is 2.67 bits per heavy atom. The van der Waals surface area contributed by atoms with Crippen molar-refractivity contribution in [2.75, 3.05) is 11.0 Å². The summed E-state index contributed by atoms with van der Waals surface area (Å²) in [6, 6.07) is 0. The van der Waals surface area contributed by atoms with Gasteiger partial charge in [0.1, 0.15) is 0 Å². The molecule has 0 rings (SSSR count). The van der Waals surface area contributed by atoms with Gasteiger partial charge in [-0.1, -0.05) is 42.4 Å². The smallest absolute Gasteiger partial charge is 0.305 e. The largest absolute Gasteiger partial charge is 0.466 e. The average molecular weight is 284 g/mol. The molecule has 0 unspecified atom stereocenters. The Balaban J connectivity index is 3.08. The Bertz CT molecular complexity index is 115. The molecule has 0 bridgehead atoms. The lowest BCUT2D eigenvalue weighted by molar-refractivity contribution is -0.143. The van der Waals surface area contributed by atoms with Crippen LogP contribution in [0.2, 0.25) is 0 Å². The summed E-state index contributed by atoms with van der Waals surface area (Å²) in [6.45, 7) is 2.74. The topological polar surface area (TPSA) is 26.3 Å². The van der Waals surface area contributed by atoms with Gasteiger partial charge < -0.3 is 4.74 Å². The average Bonchev–Trinajstić information content (AvgIpc) is 2.09. The number of carbonyl (C=O) groups is 1. The standard InChI is InChI=1S/C9H17IO2/c1-2-3-4-8-12-9(11)6-5-7-10/h2-8H2,1H3. The third kappa shape index (κ3) is 8.30. The van der Waals surface area contributed by atoms with Gasteiger partial charge in [0.2, 0.25) is 0 Å². The van der Waals surface area contributed by atoms with Crippen LogP contribution in [0.1, 0.15) is 39.0 Å². The minimum absolute atomic E-state index is 0.0391. The minimum Gasteiger partial charge on any atom is -0.466 e. The SMILES string of the molecule is CCCCCOC(=O)CCCI. The summed E-state index contributed by atoms with van der Waals surface area (Å²) in [5.41, 5.74) is 0. The van der Waals surface area contributed by atoms with Gasteiger partial charge in [-0.25, -0.2) is 0 Å². The van der Waals surface area contributed by atoms with Crippen LogP contribution in [0.5, 0.6) is 0 Å². The van der Waals surface area contributed by atoms with Gasteiger partial charge in [-0.2, -0.15) is 0 Å². The molecule has 0 fully saturated rings. The molecule has 0 aliphatic carbocycles. The monoisotopic (exact) mass is 284 g/mol. The molecule has 0 aliphatic rings. The van der Waals surface area contributed by atoms with Gasteiger partial charge in [0.15, 0.2) is 0 Å². The van der Waals surface area contributed by atoms with Crippen LogP contribution in [0.3, 0.4) is 0 Å². The fourth-order valence-corrected chi connectivity index (χ4v) is 1.20. The van der Waals surface area contributed by atoms with Crippen LogP contribution in [0.25, 0.3) is 0 Å². The molecule has 0 aliphatic heterocycles. The summed E-state index contributed by atoms with van der Waals surface area (Å²) in [7, 11) is 0. The molecule has 2 nitrogen and oxygen atoms in total. The van der Waals surface area contributed by atoms with E-state index in [1.807, 2.05) is 0 Å². The van der Waals surface area contributed by atoms with E-state index in [2.05, 4.69) is 29.5 Å². The van der Waals surface area contributed by atoms with Gasteiger partial charge in [-0.3, -0.25) is 4.79 Å². The second-order valence-corrected chi connectivity index (χ2v) is 3.80. The van der Waals surface area contributed by atoms with Crippen LogP contribution in [-0.2, 0) is 9.53 Å². The molecule has 0 spiro atoms. The van der Waals surface area contributed by atoms with Gasteiger partial charge in [-0.15, -0.1) is 0 Å². The van der Waals surface area contributed by atoms with E-state index in [0.717, 1.165) is 23.7 Å². The molecule has 0 aromatic heterocycles. The first-order valence-electron chi connectivity index (χ1n) is 4.52. The van der Waals surface area contributed by atoms with Crippen molar-refractivity contribution in [3.8, 4) is 0 Å². The zero-order valence-electron chi connectivity index (χ0n) is 7.64. The summed E-state index contributed by atoms with van der Waals surface area (Å²) in [6.07, 6.45) is 4.85. The van der Waals surface area contributed by atoms with Crippen LogP contribution < -0.4 is 0 Å². The Labute approximate surface area is 88.2 Å². The fourth-order valence-electron chi connectivity index (χ4n) is 0.821. The number of esters is 1. The van der Waals surface area contributed by atoms with Crippen molar-refractivity contribution < 1.29 is 9.53 Å². The highest BCUT2D eigenvalue weighted by atomic mass is 127. The molecular formula is C9H17IO2. The number of carbonyl (C=O) groups excluding carboxylic acids is 1. The summed E-state index contributed by atoms with van der Waals surface area (Å²) < 4.78 is 6.03. The van der Waals surface area contributed by atoms with Crippen LogP contribution in [0.4, 0.5) is 0 Å². The van der Waals surface area contributed by atoms with Crippen LogP contribution in [0, 0.1) is 0 Å². The molecule has 72 valence electrons. The number of hydrogen-bond donors (Lipinski definition) is 0. The third-order valence-electron chi connectivity index (χ3n) is 1.53. The van der Waals surface area contributed by atoms with Crippen molar-refractivity contribution in [2.24, 2.45) is 0 Å². The van der Waals surface area contributed by atoms with Crippen molar-refractivity contribution in [3.63, 3.8) is 0 Å². The molecule has 12 heavy (non-hydrogen) atoms. The molecule has 0 radical (unpaired) electrons. The summed E-state index contributed by atoms with van der Waals surface area (Å²) in [5.74, 6) is -0.0391. The lowest BCUT2D eigenvalue weighted by atomic mass is 10.3. The molecule has 0 atom stereocenters. The molecule has 3 heteroatoms. The second kappa shape index (κ2) is 9.29. The maximum absolute atomic E-state index is 10.9. The molecule has 0 aromatic rings. The van der Waals surface area contributed by atoms with Gasteiger partial charge in [0.05, 0.1) is 6.61 Å². The first-order chi connectivity index (χ1) is 5.81. The Kier molecular flexibility index (Phi) is 9.44. The zero-order chi connectivity index (χ0) is 9.23. The number of alkyl halides is 1. The molecular weight excluding hydrogens is 267 g/mol. The second-order valence-electron chi connectivity index (χ2n) is 2.72. The summed E-state index contributed by atoms with van der Waals surface area (Å²) in [5, 5.41) is 0. The van der Waals surface area contributed by atoms with E-state index in [9.17, 15) is 4.79 Å². The van der Waals surface area contributed by atoms with Gasteiger partial charge >= 0.3 is 5.97 Å². The molecule has 0 N–H and O–H groups in total. The lowest BCUT2D eigenvalue weighted by Gasteiger charge is -2.02. The van der Waals surface area contributed by atoms with E-state index >= 15 is 0 Å². The number of ether oxygens (including phenoxy) is 1. The quantitative estimate of drug-likeness (QED) is 0.311. The van der Waals surface area contributed by atoms with Crippen molar-refractivity contribution in [2.45, 2.75) is 39.0 Å². The van der Waals surface area contributed by atoms with Crippen molar-refractivity contribution >= 4 is 28.6 Å². The lowest BCUT2D eigenvalue weighted by Crippen LogP contribution is -2.05. The van der Waals surface area contributed by atoms with E-state index in [-0.39, 0.29) is 5.97 Å². The predicted octanol–water partition coefficient (Wildman–Crippen LogP) is 2.94. The highest BCUT2D eigenvalue weighted by Crippen LogP contribution is 1.99. The van der Waals surface area contributed by atoms with Gasteiger partial charge in [-0.05, 0) is 12.8 Å². The van der Waals surface area contributed by atoms with Crippen molar-refractivity contribution in [1.29, 1.82) is 0 Å². The zero-order valence-corrected chi connectivity index (χ0v) is 9.80. The molecule has 0 aromatic carbocycles. The van der Waals surface area contributed by atoms with Crippen molar-refractivity contribution in [3.05, 3.63) is 0 Å². The van der Waals surface area contributed by atoms with E-state index < -0.39 is 0 Å². The number of hydrogen-bond acceptors (Lipinski definition) is 2. The highest BCUT2D eigenvalue weighted by Gasteiger charge is 2.00. The Morgan fingerprint density at radius 2 is 2.08 bits per heavy atom. The van der Waals surface area contributed by atoms with E-state index in [1.165, 1.54) is 6.42 Å². The maximum Gasteiger partial charge on any atom is 0.305 e.